The molecule has 4 nitrogen and oxygen atoms in total. The molecule has 4 rings (SSSR count). The van der Waals surface area contributed by atoms with Gasteiger partial charge in [0.05, 0.1) is 16.1 Å². The summed E-state index contributed by atoms with van der Waals surface area (Å²) in [5.41, 5.74) is 3.72. The second-order valence-corrected chi connectivity index (χ2v) is 10.2. The Balaban J connectivity index is 1.79. The number of carbonyl (C=O) groups is 2. The van der Waals surface area contributed by atoms with Crippen molar-refractivity contribution in [3.63, 3.8) is 0 Å². The highest BCUT2D eigenvalue weighted by Gasteiger charge is 2.45. The van der Waals surface area contributed by atoms with Crippen LogP contribution in [0.15, 0.2) is 58.7 Å². The largest absolute Gasteiger partial charge is 0.462 e. The molecule has 0 saturated heterocycles. The normalized spacial score (nSPS) is 23.3. The summed E-state index contributed by atoms with van der Waals surface area (Å²) in [6.45, 7) is 5.64. The summed E-state index contributed by atoms with van der Waals surface area (Å²) >= 11 is 18.6. The summed E-state index contributed by atoms with van der Waals surface area (Å²) in [4.78, 5) is 31.7. The number of halogens is 3. The van der Waals surface area contributed by atoms with Gasteiger partial charge in [0.15, 0.2) is 5.78 Å². The summed E-state index contributed by atoms with van der Waals surface area (Å²) in [5, 5.41) is 1.44. The summed E-state index contributed by atoms with van der Waals surface area (Å²) < 4.78 is 5.71. The molecule has 2 aromatic carbocycles. The summed E-state index contributed by atoms with van der Waals surface area (Å²) in [6.07, 6.45) is 1.40. The minimum Gasteiger partial charge on any atom is -0.462 e. The standard InChI is InChI=1S/C27H26Cl3NO3/c1-4-14(2)34-27(33)24-15(3)31-22-12-18(16-5-8-19(28)9-6-16)13-23(32)26(22)25(24)17-7-10-20(29)21(30)11-17/h5-11,14,18,24-25H,4,12-13H2,1-3H3/t14-,18+,24?,25+/m0/s1. The molecule has 34 heavy (non-hydrogen) atoms. The second kappa shape index (κ2) is 10.2. The first-order chi connectivity index (χ1) is 16.2. The number of rotatable bonds is 5. The molecule has 0 radical (unpaired) electrons. The number of nitrogens with zero attached hydrogens (tertiary/aromatic N) is 1. The Kier molecular flexibility index (Phi) is 7.51. The molecule has 0 fully saturated rings. The van der Waals surface area contributed by atoms with Crippen molar-refractivity contribution < 1.29 is 14.3 Å². The van der Waals surface area contributed by atoms with Crippen LogP contribution in [-0.2, 0) is 14.3 Å². The van der Waals surface area contributed by atoms with Gasteiger partial charge in [-0.05, 0) is 68.0 Å². The van der Waals surface area contributed by atoms with E-state index < -0.39 is 11.8 Å². The van der Waals surface area contributed by atoms with Crippen LogP contribution in [-0.4, -0.2) is 23.6 Å². The minimum absolute atomic E-state index is 0.00172. The first-order valence-electron chi connectivity index (χ1n) is 11.4. The Labute approximate surface area is 215 Å². The summed E-state index contributed by atoms with van der Waals surface area (Å²) in [7, 11) is 0. The van der Waals surface area contributed by atoms with E-state index in [1.165, 1.54) is 0 Å². The van der Waals surface area contributed by atoms with Gasteiger partial charge in [0.2, 0.25) is 0 Å². The van der Waals surface area contributed by atoms with E-state index in [1.807, 2.05) is 51.1 Å². The Bertz CT molecular complexity index is 1190. The monoisotopic (exact) mass is 517 g/mol. The van der Waals surface area contributed by atoms with Crippen LogP contribution < -0.4 is 0 Å². The van der Waals surface area contributed by atoms with Crippen molar-refractivity contribution in [1.29, 1.82) is 0 Å². The lowest BCUT2D eigenvalue weighted by Gasteiger charge is -2.37. The number of esters is 1. The molecule has 178 valence electrons. The SMILES string of the molecule is CC[C@H](C)OC(=O)C1C(C)=NC2=C(C(=O)C[C@H](c3ccc(Cl)cc3)C2)[C@@H]1c1ccc(Cl)c(Cl)c1. The molecule has 1 aliphatic heterocycles. The number of ketones is 1. The zero-order chi connectivity index (χ0) is 24.6. The van der Waals surface area contributed by atoms with E-state index >= 15 is 0 Å². The van der Waals surface area contributed by atoms with Crippen LogP contribution in [0.25, 0.3) is 0 Å². The van der Waals surface area contributed by atoms with Crippen molar-refractivity contribution in [3.8, 4) is 0 Å². The van der Waals surface area contributed by atoms with Gasteiger partial charge >= 0.3 is 5.97 Å². The van der Waals surface area contributed by atoms with Crippen LogP contribution in [0.4, 0.5) is 0 Å². The van der Waals surface area contributed by atoms with Gasteiger partial charge in [-0.1, -0.05) is 59.9 Å². The molecule has 0 bridgehead atoms. The maximum absolute atomic E-state index is 13.6. The van der Waals surface area contributed by atoms with E-state index in [1.54, 1.807) is 12.1 Å². The number of Topliss-reactive ketones (excluding diaryl/α,β-unsaturated/α-hetero) is 1. The number of allylic oxidation sites excluding steroid dienone is 2. The fraction of sp³-hybridized carbons (Fsp3) is 0.370. The van der Waals surface area contributed by atoms with Crippen LogP contribution in [0.2, 0.25) is 15.1 Å². The van der Waals surface area contributed by atoms with Crippen molar-refractivity contribution in [2.75, 3.05) is 0 Å². The van der Waals surface area contributed by atoms with Gasteiger partial charge in [0.1, 0.15) is 5.92 Å². The predicted octanol–water partition coefficient (Wildman–Crippen LogP) is 7.56. The van der Waals surface area contributed by atoms with E-state index in [4.69, 9.17) is 44.5 Å². The number of hydrogen-bond donors (Lipinski definition) is 0. The lowest BCUT2D eigenvalue weighted by atomic mass is 9.69. The van der Waals surface area contributed by atoms with Gasteiger partial charge in [-0.3, -0.25) is 14.6 Å². The number of carbonyl (C=O) groups excluding carboxylic acids is 2. The molecule has 2 aromatic rings. The highest BCUT2D eigenvalue weighted by molar-refractivity contribution is 6.42. The van der Waals surface area contributed by atoms with E-state index in [-0.39, 0.29) is 23.8 Å². The van der Waals surface area contributed by atoms with Gasteiger partial charge in [0, 0.05) is 34.3 Å². The van der Waals surface area contributed by atoms with Crippen LogP contribution in [0, 0.1) is 5.92 Å². The molecule has 0 amide bonds. The third kappa shape index (κ3) is 4.95. The van der Waals surface area contributed by atoms with Crippen molar-refractivity contribution >= 4 is 52.3 Å². The van der Waals surface area contributed by atoms with E-state index in [0.717, 1.165) is 16.8 Å². The van der Waals surface area contributed by atoms with E-state index in [0.29, 0.717) is 45.6 Å². The Morgan fingerprint density at radius 2 is 1.74 bits per heavy atom. The maximum Gasteiger partial charge on any atom is 0.315 e. The Hall–Kier alpha value is -2.14. The second-order valence-electron chi connectivity index (χ2n) is 8.98. The van der Waals surface area contributed by atoms with Gasteiger partial charge in [-0.15, -0.1) is 0 Å². The van der Waals surface area contributed by atoms with Crippen molar-refractivity contribution in [1.82, 2.24) is 0 Å². The summed E-state index contributed by atoms with van der Waals surface area (Å²) in [5.74, 6) is -1.64. The average Bonchev–Trinajstić information content (AvgIpc) is 2.80. The lowest BCUT2D eigenvalue weighted by Crippen LogP contribution is -2.39. The van der Waals surface area contributed by atoms with Crippen LogP contribution in [0.3, 0.4) is 0 Å². The molecule has 0 N–H and O–H groups in total. The molecular formula is C27H26Cl3NO3. The van der Waals surface area contributed by atoms with Crippen LogP contribution >= 0.6 is 34.8 Å². The third-order valence-corrected chi connectivity index (χ3v) is 7.67. The van der Waals surface area contributed by atoms with Gasteiger partial charge in [-0.25, -0.2) is 0 Å². The fourth-order valence-electron chi connectivity index (χ4n) is 4.76. The molecule has 0 spiro atoms. The highest BCUT2D eigenvalue weighted by atomic mass is 35.5. The fourth-order valence-corrected chi connectivity index (χ4v) is 5.19. The van der Waals surface area contributed by atoms with Crippen LogP contribution in [0.5, 0.6) is 0 Å². The molecule has 1 heterocycles. The maximum atomic E-state index is 13.6. The summed E-state index contributed by atoms with van der Waals surface area (Å²) in [6, 6.07) is 12.8. The quantitative estimate of drug-likeness (QED) is 0.384. The predicted molar refractivity (Wildman–Crippen MR) is 137 cm³/mol. The number of aliphatic imine (C=N–C) groups is 1. The zero-order valence-electron chi connectivity index (χ0n) is 19.3. The minimum atomic E-state index is -0.707. The average molecular weight is 519 g/mol. The number of benzene rings is 2. The Morgan fingerprint density at radius 3 is 2.38 bits per heavy atom. The zero-order valence-corrected chi connectivity index (χ0v) is 21.5. The van der Waals surface area contributed by atoms with Gasteiger partial charge in [-0.2, -0.15) is 0 Å². The van der Waals surface area contributed by atoms with Crippen molar-refractivity contribution in [3.05, 3.63) is 79.9 Å². The highest BCUT2D eigenvalue weighted by Crippen LogP contribution is 2.47. The third-order valence-electron chi connectivity index (χ3n) is 6.68. The number of ether oxygens (including phenoxy) is 1. The molecule has 1 aliphatic carbocycles. The molecule has 7 heteroatoms. The molecule has 4 atom stereocenters. The number of hydrogen-bond acceptors (Lipinski definition) is 4. The van der Waals surface area contributed by atoms with E-state index in [9.17, 15) is 9.59 Å². The molecular weight excluding hydrogens is 493 g/mol. The molecule has 2 aliphatic rings. The molecule has 1 unspecified atom stereocenters. The Morgan fingerprint density at radius 1 is 1.06 bits per heavy atom. The van der Waals surface area contributed by atoms with Crippen molar-refractivity contribution in [2.24, 2.45) is 10.9 Å². The van der Waals surface area contributed by atoms with E-state index in [2.05, 4.69) is 0 Å². The van der Waals surface area contributed by atoms with Gasteiger partial charge in [0.25, 0.3) is 0 Å². The lowest BCUT2D eigenvalue weighted by molar-refractivity contribution is -0.151. The van der Waals surface area contributed by atoms with Crippen molar-refractivity contribution in [2.45, 2.75) is 58.0 Å². The van der Waals surface area contributed by atoms with Gasteiger partial charge < -0.3 is 4.74 Å². The molecule has 0 saturated carbocycles. The topological polar surface area (TPSA) is 55.7 Å². The first kappa shape index (κ1) is 25.0. The molecule has 0 aromatic heterocycles. The van der Waals surface area contributed by atoms with Crippen LogP contribution in [0.1, 0.15) is 63.0 Å². The smallest absolute Gasteiger partial charge is 0.315 e. The first-order valence-corrected chi connectivity index (χ1v) is 12.5.